The molecular formula is C12H20N6S. The van der Waals surface area contributed by atoms with Crippen molar-refractivity contribution in [2.75, 3.05) is 12.3 Å². The van der Waals surface area contributed by atoms with Crippen molar-refractivity contribution in [1.29, 1.82) is 5.26 Å². The predicted octanol–water partition coefficient (Wildman–Crippen LogP) is 1.77. The molecule has 1 heterocycles. The van der Waals surface area contributed by atoms with Crippen molar-refractivity contribution in [3.05, 3.63) is 0 Å². The molecule has 7 heteroatoms. The fourth-order valence-electron chi connectivity index (χ4n) is 2.39. The van der Waals surface area contributed by atoms with E-state index in [1.807, 2.05) is 11.6 Å². The molecule has 1 unspecified atom stereocenters. The first-order chi connectivity index (χ1) is 9.35. The van der Waals surface area contributed by atoms with Crippen LogP contribution in [0.5, 0.6) is 0 Å². The van der Waals surface area contributed by atoms with Gasteiger partial charge in [-0.2, -0.15) is 5.26 Å². The zero-order valence-corrected chi connectivity index (χ0v) is 12.1. The highest BCUT2D eigenvalue weighted by Crippen LogP contribution is 2.31. The number of nitrogens with one attached hydrogen (secondary N) is 1. The van der Waals surface area contributed by atoms with Gasteiger partial charge in [0.05, 0.1) is 18.2 Å². The van der Waals surface area contributed by atoms with Crippen molar-refractivity contribution in [2.45, 2.75) is 56.3 Å². The third-order valence-electron chi connectivity index (χ3n) is 3.38. The molecule has 0 aromatic carbocycles. The van der Waals surface area contributed by atoms with Crippen molar-refractivity contribution in [3.8, 4) is 6.07 Å². The summed E-state index contributed by atoms with van der Waals surface area (Å²) in [5, 5.41) is 25.0. The minimum absolute atomic E-state index is 0.0756. The summed E-state index contributed by atoms with van der Waals surface area (Å²) in [6.45, 7) is 2.83. The zero-order valence-electron chi connectivity index (χ0n) is 11.2. The molecule has 1 aromatic heterocycles. The molecule has 0 amide bonds. The summed E-state index contributed by atoms with van der Waals surface area (Å²) in [6, 6.07) is 2.66. The van der Waals surface area contributed by atoms with Gasteiger partial charge >= 0.3 is 0 Å². The van der Waals surface area contributed by atoms with E-state index in [2.05, 4.69) is 26.9 Å². The van der Waals surface area contributed by atoms with Crippen LogP contribution in [0.25, 0.3) is 0 Å². The first kappa shape index (κ1) is 14.3. The lowest BCUT2D eigenvalue weighted by Crippen LogP contribution is -2.27. The quantitative estimate of drug-likeness (QED) is 0.767. The van der Waals surface area contributed by atoms with Crippen LogP contribution >= 0.6 is 11.8 Å². The molecule has 6 nitrogen and oxygen atoms in total. The first-order valence-corrected chi connectivity index (χ1v) is 7.87. The summed E-state index contributed by atoms with van der Waals surface area (Å²) in [5.41, 5.74) is 0. The normalized spacial score (nSPS) is 17.5. The molecule has 0 spiro atoms. The first-order valence-electron chi connectivity index (χ1n) is 6.88. The third kappa shape index (κ3) is 3.91. The van der Waals surface area contributed by atoms with Crippen molar-refractivity contribution in [1.82, 2.24) is 25.5 Å². The summed E-state index contributed by atoms with van der Waals surface area (Å²) >= 11 is 1.65. The van der Waals surface area contributed by atoms with Gasteiger partial charge in [-0.3, -0.25) is 0 Å². The van der Waals surface area contributed by atoms with Gasteiger partial charge < -0.3 is 5.32 Å². The molecule has 0 aliphatic heterocycles. The Bertz CT molecular complexity index is 420. The molecule has 2 rings (SSSR count). The number of hydrogen-bond acceptors (Lipinski definition) is 6. The Morgan fingerprint density at radius 2 is 2.32 bits per heavy atom. The van der Waals surface area contributed by atoms with E-state index in [9.17, 15) is 0 Å². The van der Waals surface area contributed by atoms with E-state index in [1.165, 1.54) is 25.7 Å². The Kier molecular flexibility index (Phi) is 5.61. The highest BCUT2D eigenvalue weighted by Gasteiger charge is 2.21. The van der Waals surface area contributed by atoms with Gasteiger partial charge in [-0.05, 0) is 36.2 Å². The van der Waals surface area contributed by atoms with Crippen LogP contribution in [0.3, 0.4) is 0 Å². The summed E-state index contributed by atoms with van der Waals surface area (Å²) in [4.78, 5) is 0. The van der Waals surface area contributed by atoms with E-state index in [1.54, 1.807) is 11.8 Å². The van der Waals surface area contributed by atoms with Gasteiger partial charge in [-0.25, -0.2) is 4.68 Å². The molecular weight excluding hydrogens is 260 g/mol. The molecule has 104 valence electrons. The lowest BCUT2D eigenvalue weighted by Gasteiger charge is -2.12. The minimum Gasteiger partial charge on any atom is -0.302 e. The Labute approximate surface area is 117 Å². The fourth-order valence-corrected chi connectivity index (χ4v) is 3.33. The van der Waals surface area contributed by atoms with Gasteiger partial charge in [-0.15, -0.1) is 5.10 Å². The summed E-state index contributed by atoms with van der Waals surface area (Å²) in [7, 11) is 0. The standard InChI is InChI=1S/C12H20N6S/c1-2-14-10(9-13)7-8-19-12-15-16-17-18(12)11-5-3-4-6-11/h10-11,14H,2-8H2,1H3. The zero-order chi connectivity index (χ0) is 13.5. The van der Waals surface area contributed by atoms with E-state index in [0.29, 0.717) is 6.04 Å². The van der Waals surface area contributed by atoms with Crippen LogP contribution in [0.1, 0.15) is 45.1 Å². The molecule has 0 bridgehead atoms. The highest BCUT2D eigenvalue weighted by molar-refractivity contribution is 7.99. The van der Waals surface area contributed by atoms with Crippen LogP contribution in [0, 0.1) is 11.3 Å². The monoisotopic (exact) mass is 280 g/mol. The lowest BCUT2D eigenvalue weighted by atomic mass is 10.2. The van der Waals surface area contributed by atoms with Gasteiger partial charge in [0.15, 0.2) is 0 Å². The number of rotatable bonds is 7. The van der Waals surface area contributed by atoms with Crippen LogP contribution in [0.15, 0.2) is 5.16 Å². The number of hydrogen-bond donors (Lipinski definition) is 1. The molecule has 0 saturated heterocycles. The van der Waals surface area contributed by atoms with Crippen molar-refractivity contribution >= 4 is 11.8 Å². The average molecular weight is 280 g/mol. The second-order valence-electron chi connectivity index (χ2n) is 4.72. The predicted molar refractivity (Wildman–Crippen MR) is 73.7 cm³/mol. The fraction of sp³-hybridized carbons (Fsp3) is 0.833. The second-order valence-corrected chi connectivity index (χ2v) is 5.78. The largest absolute Gasteiger partial charge is 0.302 e. The molecule has 1 saturated carbocycles. The maximum absolute atomic E-state index is 8.97. The topological polar surface area (TPSA) is 79.4 Å². The molecule has 1 fully saturated rings. The summed E-state index contributed by atoms with van der Waals surface area (Å²) in [6.07, 6.45) is 5.71. The molecule has 1 aliphatic rings. The van der Waals surface area contributed by atoms with Gasteiger partial charge in [0, 0.05) is 5.75 Å². The molecule has 0 radical (unpaired) electrons. The highest BCUT2D eigenvalue weighted by atomic mass is 32.2. The molecule has 1 atom stereocenters. The van der Waals surface area contributed by atoms with Gasteiger partial charge in [0.1, 0.15) is 0 Å². The van der Waals surface area contributed by atoms with Gasteiger partial charge in [0.25, 0.3) is 0 Å². The van der Waals surface area contributed by atoms with Crippen LogP contribution in [0.4, 0.5) is 0 Å². The van der Waals surface area contributed by atoms with Crippen LogP contribution in [0.2, 0.25) is 0 Å². The smallest absolute Gasteiger partial charge is 0.209 e. The number of thioether (sulfide) groups is 1. The minimum atomic E-state index is -0.0756. The van der Waals surface area contributed by atoms with E-state index >= 15 is 0 Å². The lowest BCUT2D eigenvalue weighted by molar-refractivity contribution is 0.423. The van der Waals surface area contributed by atoms with Gasteiger partial charge in [-0.1, -0.05) is 31.5 Å². The molecule has 19 heavy (non-hydrogen) atoms. The third-order valence-corrected chi connectivity index (χ3v) is 4.34. The average Bonchev–Trinajstić information content (AvgIpc) is 3.08. The van der Waals surface area contributed by atoms with Crippen LogP contribution < -0.4 is 5.32 Å². The maximum atomic E-state index is 8.97. The summed E-state index contributed by atoms with van der Waals surface area (Å²) < 4.78 is 1.96. The molecule has 1 aliphatic carbocycles. The number of nitriles is 1. The van der Waals surface area contributed by atoms with Crippen molar-refractivity contribution in [3.63, 3.8) is 0 Å². The Morgan fingerprint density at radius 3 is 3.00 bits per heavy atom. The van der Waals surface area contributed by atoms with E-state index < -0.39 is 0 Å². The molecule has 1 N–H and O–H groups in total. The van der Waals surface area contributed by atoms with Gasteiger partial charge in [0.2, 0.25) is 5.16 Å². The molecule has 1 aromatic rings. The van der Waals surface area contributed by atoms with Crippen LogP contribution in [-0.2, 0) is 0 Å². The number of aromatic nitrogens is 4. The number of tetrazole rings is 1. The van der Waals surface area contributed by atoms with E-state index in [4.69, 9.17) is 5.26 Å². The number of nitrogens with zero attached hydrogens (tertiary/aromatic N) is 5. The van der Waals surface area contributed by atoms with Crippen molar-refractivity contribution < 1.29 is 0 Å². The Hall–Kier alpha value is -1.13. The summed E-state index contributed by atoms with van der Waals surface area (Å²) in [5.74, 6) is 0.859. The Balaban J connectivity index is 1.83. The SMILES string of the molecule is CCNC(C#N)CCSc1nnnn1C1CCCC1. The van der Waals surface area contributed by atoms with E-state index in [-0.39, 0.29) is 6.04 Å². The Morgan fingerprint density at radius 1 is 1.53 bits per heavy atom. The maximum Gasteiger partial charge on any atom is 0.209 e. The van der Waals surface area contributed by atoms with Crippen LogP contribution in [-0.4, -0.2) is 38.5 Å². The van der Waals surface area contributed by atoms with Crippen molar-refractivity contribution in [2.24, 2.45) is 0 Å². The van der Waals surface area contributed by atoms with E-state index in [0.717, 1.165) is 23.9 Å². The second kappa shape index (κ2) is 7.46.